The van der Waals surface area contributed by atoms with Crippen molar-refractivity contribution in [2.24, 2.45) is 12.8 Å². The second kappa shape index (κ2) is 5.88. The third-order valence-electron chi connectivity index (χ3n) is 2.86. The Morgan fingerprint density at radius 1 is 1.50 bits per heavy atom. The Morgan fingerprint density at radius 3 is 2.80 bits per heavy atom. The summed E-state index contributed by atoms with van der Waals surface area (Å²) in [6.45, 7) is 2.00. The van der Waals surface area contributed by atoms with Crippen molar-refractivity contribution in [1.29, 1.82) is 0 Å². The van der Waals surface area contributed by atoms with Crippen LogP contribution in [0.25, 0.3) is 0 Å². The topological polar surface area (TPSA) is 55.9 Å². The fraction of sp³-hybridized carbons (Fsp3) is 0.231. The molecule has 1 aromatic heterocycles. The van der Waals surface area contributed by atoms with Crippen LogP contribution < -0.4 is 11.1 Å². The predicted octanol–water partition coefficient (Wildman–Crippen LogP) is 3.26. The minimum atomic E-state index is -0.429. The molecule has 3 N–H and O–H groups in total. The number of aryl methyl sites for hydroxylation is 2. The smallest absolute Gasteiger partial charge is 0.161 e. The van der Waals surface area contributed by atoms with Crippen LogP contribution in [0.3, 0.4) is 0 Å². The lowest BCUT2D eigenvalue weighted by Crippen LogP contribution is -2.11. The lowest BCUT2D eigenvalue weighted by molar-refractivity contribution is 0.625. The molecule has 0 bridgehead atoms. The molecule has 0 aliphatic carbocycles. The summed E-state index contributed by atoms with van der Waals surface area (Å²) in [5, 5.41) is 7.35. The Kier molecular flexibility index (Phi) is 4.39. The number of hydrogen-bond acceptors (Lipinski definition) is 3. The van der Waals surface area contributed by atoms with Gasteiger partial charge in [0.15, 0.2) is 5.82 Å². The fourth-order valence-corrected chi connectivity index (χ4v) is 2.74. The van der Waals surface area contributed by atoms with Crippen molar-refractivity contribution >= 4 is 44.5 Å². The molecule has 7 heteroatoms. The number of thiocarbonyl (C=S) groups is 1. The number of benzene rings is 1. The normalized spacial score (nSPS) is 10.6. The maximum Gasteiger partial charge on any atom is 0.161 e. The molecule has 0 saturated heterocycles. The first-order chi connectivity index (χ1) is 9.43. The molecule has 1 aromatic carbocycles. The van der Waals surface area contributed by atoms with E-state index in [1.54, 1.807) is 16.8 Å². The predicted molar refractivity (Wildman–Crippen MR) is 85.9 cm³/mol. The minimum Gasteiger partial charge on any atom is -0.389 e. The summed E-state index contributed by atoms with van der Waals surface area (Å²) in [4.78, 5) is 0.151. The number of aromatic nitrogens is 2. The van der Waals surface area contributed by atoms with Gasteiger partial charge in [-0.3, -0.25) is 4.68 Å². The number of halogens is 2. The van der Waals surface area contributed by atoms with E-state index in [2.05, 4.69) is 26.3 Å². The van der Waals surface area contributed by atoms with Crippen molar-refractivity contribution in [1.82, 2.24) is 9.78 Å². The van der Waals surface area contributed by atoms with Gasteiger partial charge in [-0.25, -0.2) is 4.39 Å². The zero-order chi connectivity index (χ0) is 14.9. The van der Waals surface area contributed by atoms with Crippen LogP contribution in [-0.2, 0) is 13.5 Å². The molecule has 2 rings (SSSR count). The molecule has 20 heavy (non-hydrogen) atoms. The molecule has 0 radical (unpaired) electrons. The average molecular weight is 357 g/mol. The molecule has 4 nitrogen and oxygen atoms in total. The molecular weight excluding hydrogens is 343 g/mol. The van der Waals surface area contributed by atoms with Gasteiger partial charge in [0.1, 0.15) is 4.99 Å². The maximum atomic E-state index is 14.3. The first-order valence-electron chi connectivity index (χ1n) is 6.01. The van der Waals surface area contributed by atoms with E-state index in [0.29, 0.717) is 11.3 Å². The monoisotopic (exact) mass is 356 g/mol. The molecule has 2 aromatic rings. The van der Waals surface area contributed by atoms with Crippen molar-refractivity contribution in [3.63, 3.8) is 0 Å². The Labute approximate surface area is 130 Å². The Bertz CT molecular complexity index is 669. The highest BCUT2D eigenvalue weighted by Crippen LogP contribution is 2.30. The van der Waals surface area contributed by atoms with Crippen molar-refractivity contribution in [3.05, 3.63) is 39.9 Å². The molecule has 0 amide bonds. The van der Waals surface area contributed by atoms with Gasteiger partial charge in [-0.05, 0) is 34.5 Å². The second-order valence-corrected chi connectivity index (χ2v) is 5.53. The summed E-state index contributed by atoms with van der Waals surface area (Å²) in [6, 6.07) is 3.29. The van der Waals surface area contributed by atoms with Crippen LogP contribution >= 0.6 is 28.1 Å². The fourth-order valence-electron chi connectivity index (χ4n) is 1.88. The van der Waals surface area contributed by atoms with Crippen molar-refractivity contribution in [3.8, 4) is 0 Å². The number of rotatable bonds is 4. The SMILES string of the molecule is CCc1nn(C)cc1Nc1ccc(C(N)=S)c(Br)c1F. The summed E-state index contributed by atoms with van der Waals surface area (Å²) in [7, 11) is 1.83. The Balaban J connectivity index is 2.39. The van der Waals surface area contributed by atoms with Crippen LogP contribution in [0.4, 0.5) is 15.8 Å². The number of hydrogen-bond donors (Lipinski definition) is 2. The summed E-state index contributed by atoms with van der Waals surface area (Å²) < 4.78 is 16.3. The Morgan fingerprint density at radius 2 is 2.20 bits per heavy atom. The van der Waals surface area contributed by atoms with Gasteiger partial charge in [0, 0.05) is 18.8 Å². The van der Waals surface area contributed by atoms with Gasteiger partial charge in [-0.2, -0.15) is 5.10 Å². The zero-order valence-electron chi connectivity index (χ0n) is 11.1. The number of nitrogens with two attached hydrogens (primary N) is 1. The van der Waals surface area contributed by atoms with E-state index in [1.807, 2.05) is 20.2 Å². The molecular formula is C13H14BrFN4S. The minimum absolute atomic E-state index is 0.151. The average Bonchev–Trinajstić information content (AvgIpc) is 2.75. The molecule has 0 unspecified atom stereocenters. The largest absolute Gasteiger partial charge is 0.389 e. The summed E-state index contributed by atoms with van der Waals surface area (Å²) >= 11 is 8.05. The van der Waals surface area contributed by atoms with E-state index in [4.69, 9.17) is 18.0 Å². The summed E-state index contributed by atoms with van der Waals surface area (Å²) in [5.74, 6) is -0.429. The van der Waals surface area contributed by atoms with E-state index in [0.717, 1.165) is 17.8 Å². The molecule has 106 valence electrons. The number of nitrogens with zero attached hydrogens (tertiary/aromatic N) is 2. The highest BCUT2D eigenvalue weighted by Gasteiger charge is 2.14. The van der Waals surface area contributed by atoms with Crippen molar-refractivity contribution in [2.45, 2.75) is 13.3 Å². The van der Waals surface area contributed by atoms with Gasteiger partial charge in [0.2, 0.25) is 0 Å². The van der Waals surface area contributed by atoms with Gasteiger partial charge >= 0.3 is 0 Å². The van der Waals surface area contributed by atoms with Crippen LogP contribution in [0.5, 0.6) is 0 Å². The first-order valence-corrected chi connectivity index (χ1v) is 7.21. The van der Waals surface area contributed by atoms with Crippen LogP contribution in [0.1, 0.15) is 18.2 Å². The second-order valence-electron chi connectivity index (χ2n) is 4.29. The summed E-state index contributed by atoms with van der Waals surface area (Å²) in [5.41, 5.74) is 8.02. The van der Waals surface area contributed by atoms with E-state index in [-0.39, 0.29) is 9.46 Å². The first kappa shape index (κ1) is 14.9. The lowest BCUT2D eigenvalue weighted by Gasteiger charge is -2.10. The van der Waals surface area contributed by atoms with Crippen LogP contribution in [0, 0.1) is 5.82 Å². The molecule has 0 fully saturated rings. The quantitative estimate of drug-likeness (QED) is 0.825. The van der Waals surface area contributed by atoms with Crippen LogP contribution in [-0.4, -0.2) is 14.8 Å². The third-order valence-corrected chi connectivity index (χ3v) is 3.85. The van der Waals surface area contributed by atoms with Crippen molar-refractivity contribution < 1.29 is 4.39 Å². The van der Waals surface area contributed by atoms with Crippen LogP contribution in [0.15, 0.2) is 22.8 Å². The van der Waals surface area contributed by atoms with E-state index in [9.17, 15) is 4.39 Å². The van der Waals surface area contributed by atoms with Gasteiger partial charge in [0.25, 0.3) is 0 Å². The molecule has 0 spiro atoms. The molecule has 0 aliphatic heterocycles. The molecule has 0 aliphatic rings. The summed E-state index contributed by atoms with van der Waals surface area (Å²) in [6.07, 6.45) is 2.57. The van der Waals surface area contributed by atoms with E-state index in [1.165, 1.54) is 0 Å². The van der Waals surface area contributed by atoms with Gasteiger partial charge in [-0.15, -0.1) is 0 Å². The molecule has 0 saturated carbocycles. The maximum absolute atomic E-state index is 14.3. The van der Waals surface area contributed by atoms with E-state index >= 15 is 0 Å². The molecule has 1 heterocycles. The van der Waals surface area contributed by atoms with Gasteiger partial charge in [-0.1, -0.05) is 19.1 Å². The highest BCUT2D eigenvalue weighted by molar-refractivity contribution is 9.10. The van der Waals surface area contributed by atoms with E-state index < -0.39 is 5.82 Å². The van der Waals surface area contributed by atoms with Crippen LogP contribution in [0.2, 0.25) is 0 Å². The standard InChI is InChI=1S/C13H14BrFN4S/c1-3-8-10(6-19(2)18-8)17-9-5-4-7(13(16)20)11(14)12(9)15/h4-6,17H,3H2,1-2H3,(H2,16,20). The third kappa shape index (κ3) is 2.83. The number of nitrogens with one attached hydrogen (secondary N) is 1. The molecule has 0 atom stereocenters. The zero-order valence-corrected chi connectivity index (χ0v) is 13.5. The van der Waals surface area contributed by atoms with Crippen molar-refractivity contribution in [2.75, 3.05) is 5.32 Å². The van der Waals surface area contributed by atoms with Gasteiger partial charge in [0.05, 0.1) is 21.5 Å². The number of anilines is 2. The Hall–Kier alpha value is -1.47. The van der Waals surface area contributed by atoms with Gasteiger partial charge < -0.3 is 11.1 Å². The lowest BCUT2D eigenvalue weighted by atomic mass is 10.2. The highest BCUT2D eigenvalue weighted by atomic mass is 79.9.